The largest absolute Gasteiger partial charge is 0.466 e. The second kappa shape index (κ2) is 4.84. The van der Waals surface area contributed by atoms with Crippen LogP contribution in [0.1, 0.15) is 26.2 Å². The highest BCUT2D eigenvalue weighted by molar-refractivity contribution is 5.77. The zero-order valence-corrected chi connectivity index (χ0v) is 7.75. The minimum absolute atomic E-state index is 0.131. The van der Waals surface area contributed by atoms with E-state index in [9.17, 15) is 9.59 Å². The molecule has 0 saturated carbocycles. The smallest absolute Gasteiger partial charge is 0.306 e. The average Bonchev–Trinajstić information content (AvgIpc) is 2.10. The summed E-state index contributed by atoms with van der Waals surface area (Å²) in [6, 6.07) is 0. The number of cyclic esters (lactones) is 2. The van der Waals surface area contributed by atoms with Gasteiger partial charge in [0.05, 0.1) is 26.1 Å². The summed E-state index contributed by atoms with van der Waals surface area (Å²) >= 11 is 0. The van der Waals surface area contributed by atoms with Crippen LogP contribution in [0.25, 0.3) is 0 Å². The van der Waals surface area contributed by atoms with Crippen molar-refractivity contribution in [2.45, 2.75) is 26.2 Å². The molecular formula is C9H14O4. The third kappa shape index (κ3) is 3.92. The van der Waals surface area contributed by atoms with E-state index in [1.165, 1.54) is 0 Å². The Hall–Kier alpha value is -1.06. The topological polar surface area (TPSA) is 52.6 Å². The second-order valence-corrected chi connectivity index (χ2v) is 3.30. The van der Waals surface area contributed by atoms with E-state index in [1.54, 1.807) is 0 Å². The van der Waals surface area contributed by atoms with Crippen molar-refractivity contribution in [3.8, 4) is 0 Å². The summed E-state index contributed by atoms with van der Waals surface area (Å²) in [5.41, 5.74) is 0. The first-order chi connectivity index (χ1) is 6.18. The normalized spacial score (nSPS) is 26.1. The monoisotopic (exact) mass is 186 g/mol. The van der Waals surface area contributed by atoms with Crippen molar-refractivity contribution in [2.75, 3.05) is 13.2 Å². The highest BCUT2D eigenvalue weighted by atomic mass is 16.5. The molecule has 1 saturated heterocycles. The number of carbonyl (C=O) groups is 2. The Morgan fingerprint density at radius 1 is 1.15 bits per heavy atom. The number of hydrogen-bond acceptors (Lipinski definition) is 4. The first kappa shape index (κ1) is 10.0. The molecule has 0 aromatic carbocycles. The van der Waals surface area contributed by atoms with Gasteiger partial charge in [0.15, 0.2) is 0 Å². The molecule has 1 fully saturated rings. The minimum Gasteiger partial charge on any atom is -0.466 e. The van der Waals surface area contributed by atoms with Crippen LogP contribution in [-0.4, -0.2) is 25.2 Å². The molecule has 0 spiro atoms. The summed E-state index contributed by atoms with van der Waals surface area (Å²) < 4.78 is 9.82. The van der Waals surface area contributed by atoms with Gasteiger partial charge in [-0.05, 0) is 12.3 Å². The molecule has 4 heteroatoms. The van der Waals surface area contributed by atoms with Crippen molar-refractivity contribution in [2.24, 2.45) is 5.92 Å². The van der Waals surface area contributed by atoms with E-state index >= 15 is 0 Å². The van der Waals surface area contributed by atoms with Crippen LogP contribution in [0.15, 0.2) is 0 Å². The number of rotatable bonds is 0. The van der Waals surface area contributed by atoms with Crippen molar-refractivity contribution in [1.82, 2.24) is 0 Å². The van der Waals surface area contributed by atoms with Gasteiger partial charge >= 0.3 is 11.9 Å². The lowest BCUT2D eigenvalue weighted by Gasteiger charge is -2.14. The number of ether oxygens (including phenoxy) is 2. The number of hydrogen-bond donors (Lipinski definition) is 0. The fourth-order valence-electron chi connectivity index (χ4n) is 1.04. The van der Waals surface area contributed by atoms with Crippen LogP contribution >= 0.6 is 0 Å². The standard InChI is InChI=1S/C9H14O4/c1-7-4-5-12-8(10)2-3-9(11)13-6-7/h7H,2-6H2,1H3. The quantitative estimate of drug-likeness (QED) is 0.527. The van der Waals surface area contributed by atoms with Crippen molar-refractivity contribution in [1.29, 1.82) is 0 Å². The van der Waals surface area contributed by atoms with Crippen LogP contribution in [0.4, 0.5) is 0 Å². The van der Waals surface area contributed by atoms with E-state index in [0.29, 0.717) is 13.2 Å². The second-order valence-electron chi connectivity index (χ2n) is 3.30. The third-order valence-electron chi connectivity index (χ3n) is 1.94. The maximum Gasteiger partial charge on any atom is 0.306 e. The SMILES string of the molecule is CC1CCOC(=O)CCC(=O)OC1. The van der Waals surface area contributed by atoms with Crippen molar-refractivity contribution in [3.05, 3.63) is 0 Å². The van der Waals surface area contributed by atoms with Gasteiger partial charge in [0.1, 0.15) is 0 Å². The molecule has 1 aliphatic rings. The summed E-state index contributed by atoms with van der Waals surface area (Å²) in [6.45, 7) is 2.82. The molecule has 1 unspecified atom stereocenters. The molecule has 1 rings (SSSR count). The predicted octanol–water partition coefficient (Wildman–Crippen LogP) is 0.893. The molecule has 0 radical (unpaired) electrons. The fraction of sp³-hybridized carbons (Fsp3) is 0.778. The fourth-order valence-corrected chi connectivity index (χ4v) is 1.04. The number of esters is 2. The lowest BCUT2D eigenvalue weighted by atomic mass is 10.1. The third-order valence-corrected chi connectivity index (χ3v) is 1.94. The van der Waals surface area contributed by atoms with Crippen LogP contribution in [0.2, 0.25) is 0 Å². The van der Waals surface area contributed by atoms with Gasteiger partial charge in [-0.15, -0.1) is 0 Å². The van der Waals surface area contributed by atoms with Crippen LogP contribution in [0.3, 0.4) is 0 Å². The first-order valence-electron chi connectivity index (χ1n) is 4.49. The van der Waals surface area contributed by atoms with Gasteiger partial charge in [-0.25, -0.2) is 0 Å². The number of carbonyl (C=O) groups excluding carboxylic acids is 2. The summed E-state index contributed by atoms with van der Waals surface area (Å²) in [5, 5.41) is 0. The van der Waals surface area contributed by atoms with Gasteiger partial charge in [-0.2, -0.15) is 0 Å². The molecule has 1 atom stereocenters. The zero-order chi connectivity index (χ0) is 9.68. The summed E-state index contributed by atoms with van der Waals surface area (Å²) in [6.07, 6.45) is 1.01. The summed E-state index contributed by atoms with van der Waals surface area (Å²) in [4.78, 5) is 21.9. The van der Waals surface area contributed by atoms with Crippen LogP contribution in [0, 0.1) is 5.92 Å². The van der Waals surface area contributed by atoms with Gasteiger partial charge in [-0.1, -0.05) is 6.92 Å². The Morgan fingerprint density at radius 2 is 1.77 bits per heavy atom. The van der Waals surface area contributed by atoms with Gasteiger partial charge in [0.25, 0.3) is 0 Å². The molecule has 1 aliphatic heterocycles. The van der Waals surface area contributed by atoms with Gasteiger partial charge in [0.2, 0.25) is 0 Å². The molecule has 0 aromatic heterocycles. The average molecular weight is 186 g/mol. The summed E-state index contributed by atoms with van der Waals surface area (Å²) in [5.74, 6) is -0.369. The van der Waals surface area contributed by atoms with Gasteiger partial charge < -0.3 is 9.47 Å². The van der Waals surface area contributed by atoms with E-state index < -0.39 is 0 Å². The predicted molar refractivity (Wildman–Crippen MR) is 44.9 cm³/mol. The van der Waals surface area contributed by atoms with E-state index in [-0.39, 0.29) is 30.7 Å². The first-order valence-corrected chi connectivity index (χ1v) is 4.49. The van der Waals surface area contributed by atoms with E-state index in [4.69, 9.17) is 9.47 Å². The molecular weight excluding hydrogens is 172 g/mol. The highest BCUT2D eigenvalue weighted by Crippen LogP contribution is 2.07. The molecule has 0 N–H and O–H groups in total. The molecule has 13 heavy (non-hydrogen) atoms. The molecule has 4 nitrogen and oxygen atoms in total. The highest BCUT2D eigenvalue weighted by Gasteiger charge is 2.13. The molecule has 0 bridgehead atoms. The van der Waals surface area contributed by atoms with Gasteiger partial charge in [0, 0.05) is 0 Å². The van der Waals surface area contributed by atoms with Crippen molar-refractivity contribution in [3.63, 3.8) is 0 Å². The molecule has 1 heterocycles. The zero-order valence-electron chi connectivity index (χ0n) is 7.75. The summed E-state index contributed by atoms with van der Waals surface area (Å²) in [7, 11) is 0. The Bertz CT molecular complexity index is 200. The molecule has 0 aliphatic carbocycles. The van der Waals surface area contributed by atoms with Crippen LogP contribution in [-0.2, 0) is 19.1 Å². The molecule has 74 valence electrons. The van der Waals surface area contributed by atoms with E-state index in [2.05, 4.69) is 0 Å². The maximum absolute atomic E-state index is 11.0. The van der Waals surface area contributed by atoms with Gasteiger partial charge in [-0.3, -0.25) is 9.59 Å². The lowest BCUT2D eigenvalue weighted by molar-refractivity contribution is -0.153. The minimum atomic E-state index is -0.314. The lowest BCUT2D eigenvalue weighted by Crippen LogP contribution is -2.18. The van der Waals surface area contributed by atoms with E-state index in [0.717, 1.165) is 6.42 Å². The van der Waals surface area contributed by atoms with Crippen LogP contribution < -0.4 is 0 Å². The Balaban J connectivity index is 2.41. The molecule has 0 amide bonds. The Morgan fingerprint density at radius 3 is 2.46 bits per heavy atom. The van der Waals surface area contributed by atoms with E-state index in [1.807, 2.05) is 6.92 Å². The maximum atomic E-state index is 11.0. The molecule has 0 aromatic rings. The Labute approximate surface area is 77.2 Å². The van der Waals surface area contributed by atoms with Crippen LogP contribution in [0.5, 0.6) is 0 Å². The van der Waals surface area contributed by atoms with Crippen molar-refractivity contribution < 1.29 is 19.1 Å². The van der Waals surface area contributed by atoms with Crippen molar-refractivity contribution >= 4 is 11.9 Å². The Kier molecular flexibility index (Phi) is 3.73.